The normalized spacial score (nSPS) is 13.0. The van der Waals surface area contributed by atoms with Crippen molar-refractivity contribution in [1.29, 1.82) is 0 Å². The molecule has 1 atom stereocenters. The van der Waals surface area contributed by atoms with Crippen LogP contribution in [0, 0.1) is 0 Å². The largest absolute Gasteiger partial charge is 0.350 e. The van der Waals surface area contributed by atoms with Gasteiger partial charge in [-0.3, -0.25) is 4.40 Å². The monoisotopic (exact) mass is 248 g/mol. The second kappa shape index (κ2) is 5.82. The van der Waals surface area contributed by atoms with Crippen LogP contribution in [0.15, 0.2) is 29.2 Å². The van der Waals surface area contributed by atoms with Gasteiger partial charge in [0, 0.05) is 18.8 Å². The highest BCUT2D eigenvalue weighted by Crippen LogP contribution is 2.02. The maximum absolute atomic E-state index is 12.0. The van der Waals surface area contributed by atoms with E-state index >= 15 is 0 Å². The molecule has 1 unspecified atom stereocenters. The zero-order valence-corrected chi connectivity index (χ0v) is 11.0. The van der Waals surface area contributed by atoms with Crippen molar-refractivity contribution in [3.63, 3.8) is 0 Å². The second-order valence-electron chi connectivity index (χ2n) is 4.62. The van der Waals surface area contributed by atoms with E-state index in [1.54, 1.807) is 15.3 Å². The van der Waals surface area contributed by atoms with Gasteiger partial charge in [0.2, 0.25) is 0 Å². The summed E-state index contributed by atoms with van der Waals surface area (Å²) < 4.78 is 3.13. The molecule has 5 heteroatoms. The van der Waals surface area contributed by atoms with Gasteiger partial charge < -0.3 is 5.32 Å². The quantitative estimate of drug-likeness (QED) is 0.783. The summed E-state index contributed by atoms with van der Waals surface area (Å²) in [5.41, 5.74) is 0.665. The number of hydrogen-bond donors (Lipinski definition) is 1. The minimum Gasteiger partial charge on any atom is -0.317 e. The number of rotatable bonds is 6. The van der Waals surface area contributed by atoms with Gasteiger partial charge in [-0.2, -0.15) is 0 Å². The van der Waals surface area contributed by atoms with Crippen molar-refractivity contribution in [2.45, 2.75) is 38.8 Å². The number of hydrogen-bond acceptors (Lipinski definition) is 3. The number of fused-ring (bicyclic) bond motifs is 1. The van der Waals surface area contributed by atoms with Crippen LogP contribution < -0.4 is 11.0 Å². The molecule has 0 aliphatic rings. The third-order valence-electron chi connectivity index (χ3n) is 3.24. The van der Waals surface area contributed by atoms with Crippen molar-refractivity contribution < 1.29 is 0 Å². The van der Waals surface area contributed by atoms with Crippen molar-refractivity contribution >= 4 is 5.65 Å². The van der Waals surface area contributed by atoms with Crippen LogP contribution in [0.5, 0.6) is 0 Å². The molecule has 0 saturated heterocycles. The Labute approximate surface area is 106 Å². The highest BCUT2D eigenvalue weighted by atomic mass is 16.2. The molecule has 0 aliphatic heterocycles. The summed E-state index contributed by atoms with van der Waals surface area (Å²) in [5, 5.41) is 7.51. The molecule has 2 rings (SSSR count). The Morgan fingerprint density at radius 3 is 2.94 bits per heavy atom. The Hall–Kier alpha value is -1.62. The number of nitrogens with zero attached hydrogens (tertiary/aromatic N) is 3. The molecule has 2 aromatic rings. The molecule has 2 aromatic heterocycles. The van der Waals surface area contributed by atoms with Crippen LogP contribution in [0.25, 0.3) is 5.65 Å². The number of aromatic nitrogens is 3. The lowest BCUT2D eigenvalue weighted by Gasteiger charge is -2.08. The van der Waals surface area contributed by atoms with E-state index in [2.05, 4.69) is 17.3 Å². The van der Waals surface area contributed by atoms with Gasteiger partial charge in [-0.1, -0.05) is 12.5 Å². The van der Waals surface area contributed by atoms with Crippen LogP contribution in [-0.2, 0) is 6.54 Å². The van der Waals surface area contributed by atoms with Crippen LogP contribution in [-0.4, -0.2) is 27.3 Å². The van der Waals surface area contributed by atoms with E-state index in [-0.39, 0.29) is 5.69 Å². The zero-order valence-electron chi connectivity index (χ0n) is 11.0. The first kappa shape index (κ1) is 12.8. The third-order valence-corrected chi connectivity index (χ3v) is 3.24. The van der Waals surface area contributed by atoms with Crippen molar-refractivity contribution in [1.82, 2.24) is 19.5 Å². The fourth-order valence-corrected chi connectivity index (χ4v) is 1.97. The Morgan fingerprint density at radius 1 is 1.39 bits per heavy atom. The molecular formula is C13H20N4O. The number of unbranched alkanes of at least 4 members (excludes halogenated alkanes) is 1. The molecule has 1 N–H and O–H groups in total. The summed E-state index contributed by atoms with van der Waals surface area (Å²) in [6, 6.07) is 6.11. The molecule has 98 valence electrons. The summed E-state index contributed by atoms with van der Waals surface area (Å²) in [6.07, 6.45) is 4.96. The van der Waals surface area contributed by atoms with Crippen LogP contribution >= 0.6 is 0 Å². The molecule has 0 radical (unpaired) electrons. The number of pyridine rings is 1. The van der Waals surface area contributed by atoms with Gasteiger partial charge >= 0.3 is 5.69 Å². The predicted molar refractivity (Wildman–Crippen MR) is 71.8 cm³/mol. The van der Waals surface area contributed by atoms with E-state index in [1.165, 1.54) is 0 Å². The smallest absolute Gasteiger partial charge is 0.317 e. The lowest BCUT2D eigenvalue weighted by Crippen LogP contribution is -2.22. The van der Waals surface area contributed by atoms with Crippen LogP contribution in [0.4, 0.5) is 0 Å². The molecule has 0 amide bonds. The average molecular weight is 248 g/mol. The van der Waals surface area contributed by atoms with Gasteiger partial charge in [0.15, 0.2) is 5.65 Å². The molecular weight excluding hydrogens is 228 g/mol. The lowest BCUT2D eigenvalue weighted by molar-refractivity contribution is 0.484. The minimum absolute atomic E-state index is 0.0488. The maximum Gasteiger partial charge on any atom is 0.350 e. The fraction of sp³-hybridized carbons (Fsp3) is 0.538. The maximum atomic E-state index is 12.0. The van der Waals surface area contributed by atoms with E-state index in [9.17, 15) is 4.79 Å². The summed E-state index contributed by atoms with van der Waals surface area (Å²) >= 11 is 0. The standard InChI is InChI=1S/C13H20N4O/c1-11(14-2)7-3-6-10-17-13(18)16-9-5-4-8-12(16)15-17/h4-5,8-9,11,14H,3,6-7,10H2,1-2H3. The van der Waals surface area contributed by atoms with E-state index in [0.717, 1.165) is 19.3 Å². The molecule has 0 aromatic carbocycles. The van der Waals surface area contributed by atoms with E-state index in [4.69, 9.17) is 0 Å². The van der Waals surface area contributed by atoms with Gasteiger partial charge in [-0.25, -0.2) is 9.48 Å². The first-order valence-electron chi connectivity index (χ1n) is 6.44. The van der Waals surface area contributed by atoms with Gasteiger partial charge in [-0.05, 0) is 38.9 Å². The highest BCUT2D eigenvalue weighted by molar-refractivity contribution is 5.35. The Balaban J connectivity index is 1.96. The summed E-state index contributed by atoms with van der Waals surface area (Å²) in [6.45, 7) is 2.86. The molecule has 5 nitrogen and oxygen atoms in total. The van der Waals surface area contributed by atoms with E-state index in [0.29, 0.717) is 18.2 Å². The van der Waals surface area contributed by atoms with Crippen molar-refractivity contribution in [2.75, 3.05) is 7.05 Å². The summed E-state index contributed by atoms with van der Waals surface area (Å²) in [4.78, 5) is 12.0. The summed E-state index contributed by atoms with van der Waals surface area (Å²) in [7, 11) is 1.97. The topological polar surface area (TPSA) is 51.3 Å². The molecule has 0 spiro atoms. The fourth-order valence-electron chi connectivity index (χ4n) is 1.97. The Kier molecular flexibility index (Phi) is 4.15. The Morgan fingerprint density at radius 2 is 2.22 bits per heavy atom. The van der Waals surface area contributed by atoms with E-state index in [1.807, 2.05) is 25.2 Å². The van der Waals surface area contributed by atoms with Gasteiger partial charge in [-0.15, -0.1) is 5.10 Å². The van der Waals surface area contributed by atoms with Gasteiger partial charge in [0.05, 0.1) is 0 Å². The second-order valence-corrected chi connectivity index (χ2v) is 4.62. The van der Waals surface area contributed by atoms with Crippen LogP contribution in [0.1, 0.15) is 26.2 Å². The molecule has 0 fully saturated rings. The number of nitrogens with one attached hydrogen (secondary N) is 1. The highest BCUT2D eigenvalue weighted by Gasteiger charge is 2.05. The Bertz CT molecular complexity index is 557. The molecule has 0 bridgehead atoms. The predicted octanol–water partition coefficient (Wildman–Crippen LogP) is 1.27. The van der Waals surface area contributed by atoms with Crippen LogP contribution in [0.2, 0.25) is 0 Å². The first-order chi connectivity index (χ1) is 8.72. The summed E-state index contributed by atoms with van der Waals surface area (Å²) in [5.74, 6) is 0. The SMILES string of the molecule is CNC(C)CCCCn1nc2ccccn2c1=O. The molecule has 0 saturated carbocycles. The van der Waals surface area contributed by atoms with Gasteiger partial charge in [0.25, 0.3) is 0 Å². The zero-order chi connectivity index (χ0) is 13.0. The third kappa shape index (κ3) is 2.79. The molecule has 0 aliphatic carbocycles. The van der Waals surface area contributed by atoms with Crippen molar-refractivity contribution in [3.05, 3.63) is 34.9 Å². The molecule has 2 heterocycles. The van der Waals surface area contributed by atoms with Gasteiger partial charge in [0.1, 0.15) is 0 Å². The first-order valence-corrected chi connectivity index (χ1v) is 6.44. The minimum atomic E-state index is -0.0488. The van der Waals surface area contributed by atoms with Crippen molar-refractivity contribution in [2.24, 2.45) is 0 Å². The number of aryl methyl sites for hydroxylation is 1. The van der Waals surface area contributed by atoms with Crippen LogP contribution in [0.3, 0.4) is 0 Å². The van der Waals surface area contributed by atoms with E-state index < -0.39 is 0 Å². The lowest BCUT2D eigenvalue weighted by atomic mass is 10.1. The molecule has 18 heavy (non-hydrogen) atoms. The van der Waals surface area contributed by atoms with Crippen molar-refractivity contribution in [3.8, 4) is 0 Å². The average Bonchev–Trinajstić information content (AvgIpc) is 2.72.